The van der Waals surface area contributed by atoms with E-state index in [-0.39, 0.29) is 0 Å². The van der Waals surface area contributed by atoms with Crippen LogP contribution in [0.25, 0.3) is 0 Å². The van der Waals surface area contributed by atoms with Gasteiger partial charge in [0.15, 0.2) is 0 Å². The van der Waals surface area contributed by atoms with E-state index in [1.807, 2.05) is 0 Å². The second-order valence-electron chi connectivity index (χ2n) is 5.95. The molecule has 0 aromatic carbocycles. The van der Waals surface area contributed by atoms with Crippen molar-refractivity contribution in [3.8, 4) is 0 Å². The maximum atomic E-state index is 12.4. The molecule has 3 atom stereocenters. The fourth-order valence-corrected chi connectivity index (χ4v) is 3.95. The molecule has 96 valence electrons. The minimum Gasteiger partial charge on any atom is -0.341 e. The maximum Gasteiger partial charge on any atom is 0.226 e. The standard InChI is InChI=1S/C14H24N2O/c1-2-16(9-10-5-4-8-15-10)14(17)13-11-6-3-7-12(11)13/h10-13,15H,2-9H2,1H3. The van der Waals surface area contributed by atoms with E-state index in [9.17, 15) is 4.79 Å². The van der Waals surface area contributed by atoms with Crippen molar-refractivity contribution in [1.82, 2.24) is 10.2 Å². The Balaban J connectivity index is 1.55. The zero-order chi connectivity index (χ0) is 11.8. The molecule has 2 aliphatic carbocycles. The molecule has 0 aromatic rings. The predicted molar refractivity (Wildman–Crippen MR) is 67.6 cm³/mol. The van der Waals surface area contributed by atoms with E-state index in [0.29, 0.717) is 17.9 Å². The molecule has 1 saturated heterocycles. The number of amides is 1. The van der Waals surface area contributed by atoms with Crippen LogP contribution in [-0.2, 0) is 4.79 Å². The van der Waals surface area contributed by atoms with Crippen molar-refractivity contribution in [2.45, 2.75) is 45.1 Å². The number of nitrogens with one attached hydrogen (secondary N) is 1. The lowest BCUT2D eigenvalue weighted by atomic mass is 10.1. The molecule has 3 nitrogen and oxygen atoms in total. The van der Waals surface area contributed by atoms with Crippen LogP contribution in [-0.4, -0.2) is 36.5 Å². The van der Waals surface area contributed by atoms with E-state index >= 15 is 0 Å². The minimum absolute atomic E-state index is 0.408. The Morgan fingerprint density at radius 2 is 2.00 bits per heavy atom. The van der Waals surface area contributed by atoms with Gasteiger partial charge in [0.1, 0.15) is 0 Å². The number of carbonyl (C=O) groups excluding carboxylic acids is 1. The largest absolute Gasteiger partial charge is 0.341 e. The average Bonchev–Trinajstić information content (AvgIpc) is 2.80. The molecule has 3 rings (SSSR count). The highest BCUT2D eigenvalue weighted by Crippen LogP contribution is 2.58. The first kappa shape index (κ1) is 11.5. The Morgan fingerprint density at radius 3 is 2.59 bits per heavy atom. The number of likely N-dealkylation sites (N-methyl/N-ethyl adjacent to an activating group) is 1. The summed E-state index contributed by atoms with van der Waals surface area (Å²) in [6, 6.07) is 0.553. The van der Waals surface area contributed by atoms with Crippen LogP contribution >= 0.6 is 0 Å². The van der Waals surface area contributed by atoms with Crippen LogP contribution in [0.1, 0.15) is 39.0 Å². The van der Waals surface area contributed by atoms with Gasteiger partial charge in [-0.3, -0.25) is 4.79 Å². The lowest BCUT2D eigenvalue weighted by Crippen LogP contribution is -2.42. The summed E-state index contributed by atoms with van der Waals surface area (Å²) in [5.74, 6) is 2.38. The second-order valence-corrected chi connectivity index (χ2v) is 5.95. The van der Waals surface area contributed by atoms with Crippen LogP contribution < -0.4 is 5.32 Å². The van der Waals surface area contributed by atoms with Crippen LogP contribution in [0, 0.1) is 17.8 Å². The first-order valence-electron chi connectivity index (χ1n) is 7.33. The van der Waals surface area contributed by atoms with Crippen molar-refractivity contribution in [3.63, 3.8) is 0 Å². The van der Waals surface area contributed by atoms with Crippen molar-refractivity contribution in [2.75, 3.05) is 19.6 Å². The van der Waals surface area contributed by atoms with Gasteiger partial charge in [0.05, 0.1) is 0 Å². The van der Waals surface area contributed by atoms with Crippen LogP contribution in [0.3, 0.4) is 0 Å². The van der Waals surface area contributed by atoms with Gasteiger partial charge in [0, 0.05) is 25.0 Å². The summed E-state index contributed by atoms with van der Waals surface area (Å²) in [7, 11) is 0. The minimum atomic E-state index is 0.408. The monoisotopic (exact) mass is 236 g/mol. The molecule has 2 saturated carbocycles. The summed E-state index contributed by atoms with van der Waals surface area (Å²) in [5, 5.41) is 3.49. The third-order valence-electron chi connectivity index (χ3n) is 4.99. The molecule has 0 spiro atoms. The van der Waals surface area contributed by atoms with Crippen LogP contribution in [0.5, 0.6) is 0 Å². The molecule has 0 aromatic heterocycles. The number of carbonyl (C=O) groups is 1. The fraction of sp³-hybridized carbons (Fsp3) is 0.929. The molecule has 0 radical (unpaired) electrons. The number of hydrogen-bond donors (Lipinski definition) is 1. The molecule has 3 fully saturated rings. The van der Waals surface area contributed by atoms with Gasteiger partial charge in [-0.15, -0.1) is 0 Å². The molecule has 3 aliphatic rings. The Kier molecular flexibility index (Phi) is 3.12. The molecular formula is C14H24N2O. The smallest absolute Gasteiger partial charge is 0.226 e. The highest BCUT2D eigenvalue weighted by Gasteiger charge is 2.57. The van der Waals surface area contributed by atoms with Gasteiger partial charge in [-0.25, -0.2) is 0 Å². The summed E-state index contributed by atoms with van der Waals surface area (Å²) in [6.45, 7) is 5.06. The summed E-state index contributed by atoms with van der Waals surface area (Å²) in [5.41, 5.74) is 0. The van der Waals surface area contributed by atoms with E-state index in [0.717, 1.165) is 31.5 Å². The summed E-state index contributed by atoms with van der Waals surface area (Å²) in [6.07, 6.45) is 6.47. The highest BCUT2D eigenvalue weighted by atomic mass is 16.2. The summed E-state index contributed by atoms with van der Waals surface area (Å²) >= 11 is 0. The number of hydrogen-bond acceptors (Lipinski definition) is 2. The second kappa shape index (κ2) is 4.60. The molecule has 17 heavy (non-hydrogen) atoms. The van der Waals surface area contributed by atoms with E-state index in [2.05, 4.69) is 17.1 Å². The maximum absolute atomic E-state index is 12.4. The molecule has 1 heterocycles. The van der Waals surface area contributed by atoms with E-state index in [1.165, 1.54) is 32.1 Å². The summed E-state index contributed by atoms with van der Waals surface area (Å²) < 4.78 is 0. The summed E-state index contributed by atoms with van der Waals surface area (Å²) in [4.78, 5) is 14.5. The lowest BCUT2D eigenvalue weighted by molar-refractivity contribution is -0.133. The normalized spacial score (nSPS) is 39.1. The molecule has 1 aliphatic heterocycles. The Labute approximate surface area is 104 Å². The van der Waals surface area contributed by atoms with Gasteiger partial charge in [0.25, 0.3) is 0 Å². The molecule has 0 bridgehead atoms. The first-order chi connectivity index (χ1) is 8.31. The Bertz CT molecular complexity index is 289. The lowest BCUT2D eigenvalue weighted by Gasteiger charge is -2.25. The zero-order valence-electron chi connectivity index (χ0n) is 10.8. The Morgan fingerprint density at radius 1 is 1.24 bits per heavy atom. The van der Waals surface area contributed by atoms with Gasteiger partial charge in [-0.2, -0.15) is 0 Å². The van der Waals surface area contributed by atoms with Crippen LogP contribution in [0.4, 0.5) is 0 Å². The van der Waals surface area contributed by atoms with Gasteiger partial charge in [-0.05, 0) is 51.0 Å². The zero-order valence-corrected chi connectivity index (χ0v) is 10.8. The van der Waals surface area contributed by atoms with Crippen molar-refractivity contribution < 1.29 is 4.79 Å². The van der Waals surface area contributed by atoms with E-state index < -0.39 is 0 Å². The van der Waals surface area contributed by atoms with Gasteiger partial charge in [-0.1, -0.05) is 6.42 Å². The Hall–Kier alpha value is -0.570. The van der Waals surface area contributed by atoms with Crippen LogP contribution in [0.2, 0.25) is 0 Å². The van der Waals surface area contributed by atoms with Gasteiger partial charge >= 0.3 is 0 Å². The number of fused-ring (bicyclic) bond motifs is 1. The molecule has 1 amide bonds. The number of nitrogens with zero attached hydrogens (tertiary/aromatic N) is 1. The first-order valence-corrected chi connectivity index (χ1v) is 7.33. The molecule has 3 unspecified atom stereocenters. The van der Waals surface area contributed by atoms with Crippen molar-refractivity contribution in [2.24, 2.45) is 17.8 Å². The van der Waals surface area contributed by atoms with Gasteiger partial charge < -0.3 is 10.2 Å². The topological polar surface area (TPSA) is 32.3 Å². The van der Waals surface area contributed by atoms with Gasteiger partial charge in [0.2, 0.25) is 5.91 Å². The van der Waals surface area contributed by atoms with Crippen molar-refractivity contribution in [1.29, 1.82) is 0 Å². The number of rotatable bonds is 4. The molecular weight excluding hydrogens is 212 g/mol. The van der Waals surface area contributed by atoms with Crippen LogP contribution in [0.15, 0.2) is 0 Å². The van der Waals surface area contributed by atoms with E-state index in [1.54, 1.807) is 0 Å². The third-order valence-corrected chi connectivity index (χ3v) is 4.99. The SMILES string of the molecule is CCN(CC1CCCN1)C(=O)C1C2CCCC21. The van der Waals surface area contributed by atoms with E-state index in [4.69, 9.17) is 0 Å². The molecule has 3 heteroatoms. The molecule has 1 N–H and O–H groups in total. The predicted octanol–water partition coefficient (Wildman–Crippen LogP) is 1.63. The fourth-order valence-electron chi connectivity index (χ4n) is 3.95. The highest BCUT2D eigenvalue weighted by molar-refractivity contribution is 5.82. The third kappa shape index (κ3) is 2.10. The van der Waals surface area contributed by atoms with Crippen molar-refractivity contribution in [3.05, 3.63) is 0 Å². The average molecular weight is 236 g/mol. The quantitative estimate of drug-likeness (QED) is 0.804. The van der Waals surface area contributed by atoms with Crippen molar-refractivity contribution >= 4 is 5.91 Å².